The van der Waals surface area contributed by atoms with Crippen molar-refractivity contribution in [1.82, 2.24) is 0 Å². The Hall–Kier alpha value is -5.98. The summed E-state index contributed by atoms with van der Waals surface area (Å²) in [5.74, 6) is -1.05. The average Bonchev–Trinajstić information content (AvgIpc) is 0.949. The molecule has 0 fully saturated rings. The molecule has 12 heteroatoms. The van der Waals surface area contributed by atoms with E-state index in [2.05, 4.69) is 187 Å². The quantitative estimate of drug-likeness (QED) is 0.0246. The van der Waals surface area contributed by atoms with E-state index in [9.17, 15) is 28.8 Å². The molecule has 0 aromatic carbocycles. The Balaban J connectivity index is 0. The van der Waals surface area contributed by atoms with E-state index in [0.717, 1.165) is 250 Å². The van der Waals surface area contributed by atoms with Gasteiger partial charge in [0.25, 0.3) is 0 Å². The fourth-order valence-electron chi connectivity index (χ4n) is 15.2. The van der Waals surface area contributed by atoms with Gasteiger partial charge >= 0.3 is 23.9 Å². The lowest BCUT2D eigenvalue weighted by atomic mass is 10.1. The van der Waals surface area contributed by atoms with Gasteiger partial charge in [0.15, 0.2) is 23.8 Å². The highest BCUT2D eigenvalue weighted by molar-refractivity contribution is 5.80. The molecule has 131 heavy (non-hydrogen) atoms. The number of esters is 4. The number of ketones is 2. The van der Waals surface area contributed by atoms with Crippen molar-refractivity contribution >= 4 is 35.4 Å². The van der Waals surface area contributed by atoms with E-state index in [0.29, 0.717) is 38.5 Å². The molecule has 0 N–H and O–H groups in total. The summed E-state index contributed by atoms with van der Waals surface area (Å²) in [5, 5.41) is 0. The summed E-state index contributed by atoms with van der Waals surface area (Å²) in [5.41, 5.74) is 0. The summed E-state index contributed by atoms with van der Waals surface area (Å²) >= 11 is 0. The zero-order valence-corrected chi connectivity index (χ0v) is 86.2. The standard InChI is InChI=1S/C61H106O6.C58H100O6/c1-4-7-10-13-16-19-22-25-28-29-30-33-35-38-41-44-47-50-53-60(63)66-57-59(67-61(64)54-51-48-45-42-39-36-32-27-24-21-18-15-12-9-6-3)56-65-55-58(62)52-49-46-43-40-37-34-31-26-23-20-17-14-11-8-5-2;1-4-7-10-13-16-19-22-25-28-31-34-37-40-43-46-49-55(59)52-62-53-56(64-58(61)51-48-45-42-39-36-33-30-27-24-21-18-15-12-9-6-3)54-63-57(60)50-47-44-41-38-35-32-29-26-23-20-17-14-11-8-5-2/h16,18-19,21,25-28,30-33,59H,4-15,17,20,22-24,29,34-57H2,1-3H3;8,11,17-18,20-21,25-30,56H,4-7,9-10,12-16,19,22-24,31-54H2,1-3H3/b19-16-,21-18-,28-25-,31-26-,32-27-,33-30-;11-8-,20-17-,21-18-,28-25-,29-26-,30-27-. The number of hydrogen-bond acceptors (Lipinski definition) is 12. The molecule has 0 rings (SSSR count). The molecule has 0 amide bonds. The van der Waals surface area contributed by atoms with Gasteiger partial charge in [-0.1, -0.05) is 406 Å². The Labute approximate surface area is 808 Å². The zero-order valence-electron chi connectivity index (χ0n) is 86.2. The maximum atomic E-state index is 12.8. The van der Waals surface area contributed by atoms with Gasteiger partial charge in [-0.3, -0.25) is 28.8 Å². The van der Waals surface area contributed by atoms with Gasteiger partial charge in [-0.05, 0) is 225 Å². The van der Waals surface area contributed by atoms with E-state index >= 15 is 0 Å². The third-order valence-corrected chi connectivity index (χ3v) is 23.5. The van der Waals surface area contributed by atoms with Crippen molar-refractivity contribution in [2.45, 2.75) is 535 Å². The molecule has 2 unspecified atom stereocenters. The van der Waals surface area contributed by atoms with Gasteiger partial charge in [-0.15, -0.1) is 0 Å². The SMILES string of the molecule is CC/C=C\C/C=C\C/C=C\CCCCCCCC(=O)OCC(COCC(=O)CCCCCCC/C=C\CCCCCCCC)OC(=O)CCCCCCC/C=C\C/C=C\CCCCC.CCCCC/C=C\C/C=C\C/C=C\CCCCCCCC(=O)OCC(COCC(=O)CCCCCCC/C=C\CCCCCCCC)OC(=O)CCCCCCC/C=C\C/C=C\CCCCC. The third-order valence-electron chi connectivity index (χ3n) is 23.5. The summed E-state index contributed by atoms with van der Waals surface area (Å²) in [6, 6.07) is 0. The Morgan fingerprint density at radius 2 is 0.359 bits per heavy atom. The van der Waals surface area contributed by atoms with Crippen molar-refractivity contribution in [2.75, 3.05) is 39.6 Å². The minimum Gasteiger partial charge on any atom is -0.462 e. The smallest absolute Gasteiger partial charge is 0.306 e. The molecule has 0 aromatic rings. The number of allylic oxidation sites excluding steroid dienone is 24. The van der Waals surface area contributed by atoms with Crippen LogP contribution in [0.4, 0.5) is 0 Å². The first-order valence-electron chi connectivity index (χ1n) is 55.2. The maximum absolute atomic E-state index is 12.8. The Kier molecular flexibility index (Phi) is 109. The molecular formula is C119H206O12. The summed E-state index contributed by atoms with van der Waals surface area (Å²) in [7, 11) is 0. The Morgan fingerprint density at radius 1 is 0.183 bits per heavy atom. The van der Waals surface area contributed by atoms with Crippen molar-refractivity contribution < 1.29 is 57.2 Å². The van der Waals surface area contributed by atoms with Gasteiger partial charge in [0.1, 0.15) is 26.4 Å². The first-order chi connectivity index (χ1) is 64.6. The number of carbonyl (C=O) groups excluding carboxylic acids is 6. The lowest BCUT2D eigenvalue weighted by molar-refractivity contribution is -0.163. The second-order valence-electron chi connectivity index (χ2n) is 36.6. The highest BCUT2D eigenvalue weighted by Gasteiger charge is 2.21. The summed E-state index contributed by atoms with van der Waals surface area (Å²) < 4.78 is 34.1. The van der Waals surface area contributed by atoms with Crippen LogP contribution in [0.5, 0.6) is 0 Å². The van der Waals surface area contributed by atoms with Crippen LogP contribution in [-0.4, -0.2) is 87.3 Å². The van der Waals surface area contributed by atoms with Crippen LogP contribution in [-0.2, 0) is 57.2 Å². The van der Waals surface area contributed by atoms with Crippen molar-refractivity contribution in [2.24, 2.45) is 0 Å². The van der Waals surface area contributed by atoms with E-state index in [1.165, 1.54) is 193 Å². The fourth-order valence-corrected chi connectivity index (χ4v) is 15.2. The number of unbranched alkanes of at least 4 members (excludes halogenated alkanes) is 51. The maximum Gasteiger partial charge on any atom is 0.306 e. The van der Waals surface area contributed by atoms with Crippen LogP contribution in [0, 0.1) is 0 Å². The lowest BCUT2D eigenvalue weighted by Gasteiger charge is -2.18. The lowest BCUT2D eigenvalue weighted by Crippen LogP contribution is -2.30. The van der Waals surface area contributed by atoms with Gasteiger partial charge in [-0.2, -0.15) is 0 Å². The summed E-state index contributed by atoms with van der Waals surface area (Å²) in [6.45, 7) is 13.4. The van der Waals surface area contributed by atoms with E-state index in [1.54, 1.807) is 0 Å². The Bertz CT molecular complexity index is 2840. The molecular weight excluding hydrogens is 1620 g/mol. The van der Waals surface area contributed by atoms with E-state index in [1.807, 2.05) is 0 Å². The molecule has 2 atom stereocenters. The highest BCUT2D eigenvalue weighted by Crippen LogP contribution is 2.19. The molecule has 0 aliphatic rings. The van der Waals surface area contributed by atoms with Crippen molar-refractivity contribution in [1.29, 1.82) is 0 Å². The van der Waals surface area contributed by atoms with Crippen molar-refractivity contribution in [3.63, 3.8) is 0 Å². The van der Waals surface area contributed by atoms with Crippen molar-refractivity contribution in [3.05, 3.63) is 146 Å². The third kappa shape index (κ3) is 111. The van der Waals surface area contributed by atoms with Gasteiger partial charge < -0.3 is 28.4 Å². The topological polar surface area (TPSA) is 158 Å². The molecule has 0 aliphatic heterocycles. The first-order valence-corrected chi connectivity index (χ1v) is 55.2. The second kappa shape index (κ2) is 113. The molecule has 754 valence electrons. The molecule has 0 aliphatic carbocycles. The molecule has 0 saturated heterocycles. The highest BCUT2D eigenvalue weighted by atomic mass is 16.6. The number of Topliss-reactive ketones (excluding diaryl/α,β-unsaturated/α-hetero) is 2. The van der Waals surface area contributed by atoms with Gasteiger partial charge in [0.2, 0.25) is 0 Å². The fraction of sp³-hybridized carbons (Fsp3) is 0.748. The van der Waals surface area contributed by atoms with E-state index in [-0.39, 0.29) is 75.1 Å². The Morgan fingerprint density at radius 3 is 0.595 bits per heavy atom. The minimum absolute atomic E-state index is 0.0136. The molecule has 0 bridgehead atoms. The number of hydrogen-bond donors (Lipinski definition) is 0. The van der Waals surface area contributed by atoms with Crippen LogP contribution in [0.25, 0.3) is 0 Å². The zero-order chi connectivity index (χ0) is 95.1. The van der Waals surface area contributed by atoms with Crippen LogP contribution in [0.2, 0.25) is 0 Å². The first kappa shape index (κ1) is 127. The second-order valence-corrected chi connectivity index (χ2v) is 36.6. The van der Waals surface area contributed by atoms with Crippen LogP contribution >= 0.6 is 0 Å². The number of ether oxygens (including phenoxy) is 6. The monoisotopic (exact) mass is 1830 g/mol. The molecule has 0 radical (unpaired) electrons. The predicted octanol–water partition coefficient (Wildman–Crippen LogP) is 36.1. The van der Waals surface area contributed by atoms with Gasteiger partial charge in [0.05, 0.1) is 13.2 Å². The molecule has 0 saturated carbocycles. The summed E-state index contributed by atoms with van der Waals surface area (Å²) in [6.07, 6.45) is 135. The van der Waals surface area contributed by atoms with Crippen LogP contribution in [0.3, 0.4) is 0 Å². The van der Waals surface area contributed by atoms with Crippen LogP contribution in [0.1, 0.15) is 523 Å². The van der Waals surface area contributed by atoms with Gasteiger partial charge in [-0.25, -0.2) is 0 Å². The van der Waals surface area contributed by atoms with E-state index in [4.69, 9.17) is 28.4 Å². The van der Waals surface area contributed by atoms with E-state index < -0.39 is 12.2 Å². The van der Waals surface area contributed by atoms with Crippen LogP contribution in [0.15, 0.2) is 146 Å². The van der Waals surface area contributed by atoms with Crippen molar-refractivity contribution in [3.8, 4) is 0 Å². The molecule has 0 heterocycles. The average molecular weight is 1830 g/mol. The number of rotatable bonds is 101. The van der Waals surface area contributed by atoms with Crippen LogP contribution < -0.4 is 0 Å². The molecule has 0 spiro atoms. The number of carbonyl (C=O) groups is 6. The summed E-state index contributed by atoms with van der Waals surface area (Å²) in [4.78, 5) is 76.1. The predicted molar refractivity (Wildman–Crippen MR) is 563 cm³/mol. The largest absolute Gasteiger partial charge is 0.462 e. The van der Waals surface area contributed by atoms with Gasteiger partial charge in [0, 0.05) is 38.5 Å². The normalized spacial score (nSPS) is 12.7. The molecule has 0 aromatic heterocycles. The minimum atomic E-state index is -0.720. The molecule has 12 nitrogen and oxygen atoms in total.